The van der Waals surface area contributed by atoms with Crippen LogP contribution in [0.3, 0.4) is 0 Å². The summed E-state index contributed by atoms with van der Waals surface area (Å²) in [6, 6.07) is 8.18. The average molecular weight is 274 g/mol. The molecule has 2 heteroatoms. The van der Waals surface area contributed by atoms with Crippen molar-refractivity contribution < 1.29 is 0 Å². The molecule has 0 aliphatic heterocycles. The van der Waals surface area contributed by atoms with Crippen LogP contribution in [0.1, 0.15) is 18.4 Å². The highest BCUT2D eigenvalue weighted by Gasteiger charge is 2.30. The van der Waals surface area contributed by atoms with Crippen molar-refractivity contribution in [2.45, 2.75) is 19.3 Å². The molecule has 0 N–H and O–H groups in total. The molecule has 1 fully saturated rings. The van der Waals surface area contributed by atoms with E-state index in [2.05, 4.69) is 28.1 Å². The van der Waals surface area contributed by atoms with E-state index in [4.69, 9.17) is 11.6 Å². The number of hydrogen-bond donors (Lipinski definition) is 0. The number of hydrogen-bond acceptors (Lipinski definition) is 0. The van der Waals surface area contributed by atoms with E-state index < -0.39 is 0 Å². The van der Waals surface area contributed by atoms with Gasteiger partial charge in [0.15, 0.2) is 0 Å². The first-order chi connectivity index (χ1) is 6.81. The minimum Gasteiger partial charge on any atom is -0.0925 e. The van der Waals surface area contributed by atoms with Gasteiger partial charge >= 0.3 is 0 Å². The molecule has 1 saturated carbocycles. The summed E-state index contributed by atoms with van der Waals surface area (Å²) in [4.78, 5) is 0. The molecule has 0 radical (unpaired) electrons. The minimum atomic E-state index is 0.773. The number of halogens is 2. The molecule has 0 amide bonds. The topological polar surface area (TPSA) is 0 Å². The molecule has 2 rings (SSSR count). The summed E-state index contributed by atoms with van der Waals surface area (Å²) in [5.74, 6) is 1.71. The first-order valence-corrected chi connectivity index (χ1v) is 6.60. The van der Waals surface area contributed by atoms with Crippen LogP contribution in [0.4, 0.5) is 0 Å². The van der Waals surface area contributed by atoms with E-state index in [0.717, 1.165) is 28.6 Å². The van der Waals surface area contributed by atoms with Gasteiger partial charge in [-0.1, -0.05) is 45.7 Å². The predicted octanol–water partition coefficient (Wildman–Crippen LogP) is 4.30. The Hall–Kier alpha value is -0.0100. The van der Waals surface area contributed by atoms with Gasteiger partial charge in [-0.2, -0.15) is 0 Å². The average Bonchev–Trinajstić information content (AvgIpc) is 3.00. The van der Waals surface area contributed by atoms with Crippen LogP contribution in [0, 0.1) is 11.8 Å². The fraction of sp³-hybridized carbons (Fsp3) is 0.500. The van der Waals surface area contributed by atoms with Crippen molar-refractivity contribution in [2.24, 2.45) is 11.8 Å². The van der Waals surface area contributed by atoms with Gasteiger partial charge < -0.3 is 0 Å². The second kappa shape index (κ2) is 4.67. The van der Waals surface area contributed by atoms with E-state index in [1.54, 1.807) is 0 Å². The Labute approximate surface area is 98.8 Å². The van der Waals surface area contributed by atoms with Crippen molar-refractivity contribution in [1.82, 2.24) is 0 Å². The van der Waals surface area contributed by atoms with E-state index in [1.807, 2.05) is 12.1 Å². The van der Waals surface area contributed by atoms with Crippen LogP contribution >= 0.6 is 27.5 Å². The highest BCUT2D eigenvalue weighted by Crippen LogP contribution is 2.39. The molecule has 0 spiro atoms. The van der Waals surface area contributed by atoms with Crippen LogP contribution in [0.15, 0.2) is 24.3 Å². The molecule has 76 valence electrons. The lowest BCUT2D eigenvalue weighted by molar-refractivity contribution is 0.519. The largest absolute Gasteiger partial charge is 0.0925 e. The predicted molar refractivity (Wildman–Crippen MR) is 65.2 cm³/mol. The van der Waals surface area contributed by atoms with E-state index in [-0.39, 0.29) is 0 Å². The summed E-state index contributed by atoms with van der Waals surface area (Å²) in [6.45, 7) is 0. The molecule has 0 heterocycles. The summed E-state index contributed by atoms with van der Waals surface area (Å²) in [5, 5.41) is 2.02. The Kier molecular flexibility index (Phi) is 3.51. The molecule has 1 aromatic rings. The second-order valence-electron chi connectivity index (χ2n) is 4.05. The Morgan fingerprint density at radius 1 is 1.36 bits per heavy atom. The monoisotopic (exact) mass is 272 g/mol. The lowest BCUT2D eigenvalue weighted by Crippen LogP contribution is -2.08. The van der Waals surface area contributed by atoms with Crippen molar-refractivity contribution in [1.29, 1.82) is 0 Å². The van der Waals surface area contributed by atoms with Crippen molar-refractivity contribution in [3.8, 4) is 0 Å². The van der Waals surface area contributed by atoms with Gasteiger partial charge in [-0.3, -0.25) is 0 Å². The molecular formula is C12H14BrCl. The molecule has 1 aromatic carbocycles. The summed E-state index contributed by atoms with van der Waals surface area (Å²) in [5.41, 5.74) is 1.30. The lowest BCUT2D eigenvalue weighted by Gasteiger charge is -2.13. The quantitative estimate of drug-likeness (QED) is 0.717. The zero-order chi connectivity index (χ0) is 9.97. The zero-order valence-corrected chi connectivity index (χ0v) is 10.4. The minimum absolute atomic E-state index is 0.773. The molecule has 0 nitrogen and oxygen atoms in total. The van der Waals surface area contributed by atoms with E-state index in [1.165, 1.54) is 18.4 Å². The normalized spacial score (nSPS) is 18.1. The highest BCUT2D eigenvalue weighted by molar-refractivity contribution is 9.09. The molecule has 0 bridgehead atoms. The van der Waals surface area contributed by atoms with E-state index >= 15 is 0 Å². The summed E-state index contributed by atoms with van der Waals surface area (Å²) in [6.07, 6.45) is 3.93. The van der Waals surface area contributed by atoms with Crippen LogP contribution in [-0.2, 0) is 6.42 Å². The fourth-order valence-electron chi connectivity index (χ4n) is 1.86. The maximum atomic E-state index is 6.14. The number of benzene rings is 1. The Morgan fingerprint density at radius 2 is 2.07 bits per heavy atom. The molecular weight excluding hydrogens is 259 g/mol. The summed E-state index contributed by atoms with van der Waals surface area (Å²) >= 11 is 9.73. The van der Waals surface area contributed by atoms with Crippen LogP contribution in [0.25, 0.3) is 0 Å². The van der Waals surface area contributed by atoms with Gasteiger partial charge in [0.05, 0.1) is 0 Å². The third kappa shape index (κ3) is 2.52. The Bertz CT molecular complexity index is 307. The maximum absolute atomic E-state index is 6.14. The van der Waals surface area contributed by atoms with Gasteiger partial charge in [-0.15, -0.1) is 0 Å². The van der Waals surface area contributed by atoms with Gasteiger partial charge in [0.2, 0.25) is 0 Å². The third-order valence-electron chi connectivity index (χ3n) is 2.93. The zero-order valence-electron chi connectivity index (χ0n) is 8.05. The summed E-state index contributed by atoms with van der Waals surface area (Å²) in [7, 11) is 0. The fourth-order valence-corrected chi connectivity index (χ4v) is 2.83. The standard InChI is InChI=1S/C12H14BrCl/c13-8-11(9-5-6-9)7-10-3-1-2-4-12(10)14/h1-4,9,11H,5-8H2. The first-order valence-electron chi connectivity index (χ1n) is 5.10. The Balaban J connectivity index is 2.04. The van der Waals surface area contributed by atoms with Gasteiger partial charge in [0.1, 0.15) is 0 Å². The molecule has 0 aromatic heterocycles. The van der Waals surface area contributed by atoms with Gasteiger partial charge in [0.25, 0.3) is 0 Å². The highest BCUT2D eigenvalue weighted by atomic mass is 79.9. The van der Waals surface area contributed by atoms with Crippen molar-refractivity contribution in [3.05, 3.63) is 34.9 Å². The molecule has 1 aliphatic carbocycles. The maximum Gasteiger partial charge on any atom is 0.0438 e. The first kappa shape index (κ1) is 10.5. The number of alkyl halides is 1. The van der Waals surface area contributed by atoms with Gasteiger partial charge in [-0.25, -0.2) is 0 Å². The lowest BCUT2D eigenvalue weighted by atomic mass is 9.97. The van der Waals surface area contributed by atoms with Gasteiger partial charge in [-0.05, 0) is 42.7 Å². The molecule has 1 atom stereocenters. The van der Waals surface area contributed by atoms with E-state index in [0.29, 0.717) is 0 Å². The number of rotatable bonds is 4. The van der Waals surface area contributed by atoms with Crippen LogP contribution in [0.5, 0.6) is 0 Å². The summed E-state index contributed by atoms with van der Waals surface area (Å²) < 4.78 is 0. The van der Waals surface area contributed by atoms with Crippen LogP contribution in [-0.4, -0.2) is 5.33 Å². The Morgan fingerprint density at radius 3 is 2.64 bits per heavy atom. The molecule has 0 saturated heterocycles. The molecule has 1 unspecified atom stereocenters. The second-order valence-corrected chi connectivity index (χ2v) is 5.10. The van der Waals surface area contributed by atoms with Crippen LogP contribution in [0.2, 0.25) is 5.02 Å². The SMILES string of the molecule is Clc1ccccc1CC(CBr)C1CC1. The van der Waals surface area contributed by atoms with Crippen molar-refractivity contribution >= 4 is 27.5 Å². The van der Waals surface area contributed by atoms with Crippen LogP contribution < -0.4 is 0 Å². The molecule has 1 aliphatic rings. The van der Waals surface area contributed by atoms with E-state index in [9.17, 15) is 0 Å². The third-order valence-corrected chi connectivity index (χ3v) is 4.13. The van der Waals surface area contributed by atoms with Crippen molar-refractivity contribution in [2.75, 3.05) is 5.33 Å². The smallest absolute Gasteiger partial charge is 0.0438 e. The van der Waals surface area contributed by atoms with Gasteiger partial charge in [0, 0.05) is 10.4 Å². The molecule has 14 heavy (non-hydrogen) atoms. The van der Waals surface area contributed by atoms with Crippen molar-refractivity contribution in [3.63, 3.8) is 0 Å².